The summed E-state index contributed by atoms with van der Waals surface area (Å²) in [6.07, 6.45) is 4.51. The molecule has 2 aromatic heterocycles. The summed E-state index contributed by atoms with van der Waals surface area (Å²) in [5.41, 5.74) is 2.26. The first-order chi connectivity index (χ1) is 7.81. The molecule has 2 heterocycles. The summed E-state index contributed by atoms with van der Waals surface area (Å²) in [5.74, 6) is 0. The van der Waals surface area contributed by atoms with Crippen molar-refractivity contribution in [2.75, 3.05) is 7.05 Å². The van der Waals surface area contributed by atoms with Gasteiger partial charge in [0.1, 0.15) is 0 Å². The van der Waals surface area contributed by atoms with Crippen LogP contribution < -0.4 is 5.32 Å². The first-order valence-electron chi connectivity index (χ1n) is 5.36. The van der Waals surface area contributed by atoms with Gasteiger partial charge in [-0.3, -0.25) is 9.67 Å². The average molecular weight is 216 g/mol. The summed E-state index contributed by atoms with van der Waals surface area (Å²) in [5, 5.41) is 7.48. The molecule has 0 aliphatic heterocycles. The number of aryl methyl sites for hydroxylation is 1. The van der Waals surface area contributed by atoms with Crippen molar-refractivity contribution < 1.29 is 0 Å². The maximum atomic E-state index is 4.34. The lowest BCUT2D eigenvalue weighted by molar-refractivity contribution is 0.532. The molecule has 0 aromatic carbocycles. The zero-order valence-electron chi connectivity index (χ0n) is 9.59. The van der Waals surface area contributed by atoms with Gasteiger partial charge < -0.3 is 5.32 Å². The van der Waals surface area contributed by atoms with Crippen molar-refractivity contribution in [1.82, 2.24) is 20.1 Å². The maximum Gasteiger partial charge on any atom is 0.0554 e. The molecule has 2 aromatic rings. The van der Waals surface area contributed by atoms with E-state index in [1.807, 2.05) is 55.4 Å². The van der Waals surface area contributed by atoms with Crippen molar-refractivity contribution in [2.24, 2.45) is 7.05 Å². The maximum absolute atomic E-state index is 4.34. The van der Waals surface area contributed by atoms with Crippen molar-refractivity contribution in [1.29, 1.82) is 0 Å². The monoisotopic (exact) mass is 216 g/mol. The summed E-state index contributed by atoms with van der Waals surface area (Å²) >= 11 is 0. The van der Waals surface area contributed by atoms with Crippen LogP contribution in [-0.2, 0) is 13.5 Å². The molecule has 4 heteroatoms. The van der Waals surface area contributed by atoms with Gasteiger partial charge in [-0.25, -0.2) is 0 Å². The first kappa shape index (κ1) is 10.8. The van der Waals surface area contributed by atoms with Gasteiger partial charge in [0.05, 0.1) is 11.7 Å². The third-order valence-electron chi connectivity index (χ3n) is 2.70. The van der Waals surface area contributed by atoms with Crippen LogP contribution in [0.25, 0.3) is 0 Å². The van der Waals surface area contributed by atoms with E-state index in [4.69, 9.17) is 0 Å². The molecule has 84 valence electrons. The Morgan fingerprint density at radius 3 is 2.75 bits per heavy atom. The van der Waals surface area contributed by atoms with Crippen LogP contribution in [0.4, 0.5) is 0 Å². The molecule has 0 aliphatic carbocycles. The van der Waals surface area contributed by atoms with Crippen molar-refractivity contribution >= 4 is 0 Å². The number of hydrogen-bond acceptors (Lipinski definition) is 3. The molecule has 16 heavy (non-hydrogen) atoms. The Kier molecular flexibility index (Phi) is 3.31. The molecule has 0 amide bonds. The number of nitrogens with zero attached hydrogens (tertiary/aromatic N) is 3. The topological polar surface area (TPSA) is 42.7 Å². The highest BCUT2D eigenvalue weighted by atomic mass is 15.3. The van der Waals surface area contributed by atoms with Crippen LogP contribution in [0.3, 0.4) is 0 Å². The third kappa shape index (κ3) is 2.28. The van der Waals surface area contributed by atoms with E-state index >= 15 is 0 Å². The highest BCUT2D eigenvalue weighted by Crippen LogP contribution is 2.15. The predicted molar refractivity (Wildman–Crippen MR) is 62.9 cm³/mol. The molecule has 0 aliphatic rings. The summed E-state index contributed by atoms with van der Waals surface area (Å²) < 4.78 is 1.89. The molecule has 2 rings (SSSR count). The quantitative estimate of drug-likeness (QED) is 0.838. The Morgan fingerprint density at radius 1 is 1.31 bits per heavy atom. The minimum atomic E-state index is 0.252. The van der Waals surface area contributed by atoms with Crippen molar-refractivity contribution in [3.8, 4) is 0 Å². The van der Waals surface area contributed by atoms with Gasteiger partial charge in [-0.1, -0.05) is 6.07 Å². The van der Waals surface area contributed by atoms with Crippen LogP contribution in [0, 0.1) is 0 Å². The SMILES string of the molecule is CNC(Cc1ccccn1)c1ccnn1C. The van der Waals surface area contributed by atoms with Crippen molar-refractivity contribution in [3.63, 3.8) is 0 Å². The lowest BCUT2D eigenvalue weighted by Gasteiger charge is -2.15. The second-order valence-electron chi connectivity index (χ2n) is 3.75. The zero-order chi connectivity index (χ0) is 11.4. The molecule has 0 bridgehead atoms. The minimum Gasteiger partial charge on any atom is -0.311 e. The van der Waals surface area contributed by atoms with Crippen LogP contribution in [0.5, 0.6) is 0 Å². The fourth-order valence-electron chi connectivity index (χ4n) is 1.81. The third-order valence-corrected chi connectivity index (χ3v) is 2.70. The molecule has 1 N–H and O–H groups in total. The number of rotatable bonds is 4. The molecule has 4 nitrogen and oxygen atoms in total. The molecule has 0 saturated heterocycles. The number of likely N-dealkylation sites (N-methyl/N-ethyl adjacent to an activating group) is 1. The number of pyridine rings is 1. The fraction of sp³-hybridized carbons (Fsp3) is 0.333. The smallest absolute Gasteiger partial charge is 0.0554 e. The number of nitrogens with one attached hydrogen (secondary N) is 1. The summed E-state index contributed by atoms with van der Waals surface area (Å²) in [6, 6.07) is 8.27. The van der Waals surface area contributed by atoms with Gasteiger partial charge in [0.2, 0.25) is 0 Å². The molecule has 0 spiro atoms. The zero-order valence-corrected chi connectivity index (χ0v) is 9.59. The Hall–Kier alpha value is -1.68. The molecule has 1 atom stereocenters. The van der Waals surface area contributed by atoms with E-state index in [0.29, 0.717) is 0 Å². The van der Waals surface area contributed by atoms with E-state index in [9.17, 15) is 0 Å². The lowest BCUT2D eigenvalue weighted by Crippen LogP contribution is -2.22. The van der Waals surface area contributed by atoms with Gasteiger partial charge in [0.25, 0.3) is 0 Å². The van der Waals surface area contributed by atoms with Gasteiger partial charge >= 0.3 is 0 Å². The Labute approximate surface area is 95.3 Å². The normalized spacial score (nSPS) is 12.6. The van der Waals surface area contributed by atoms with Crippen LogP contribution in [0.1, 0.15) is 17.4 Å². The molecule has 0 radical (unpaired) electrons. The van der Waals surface area contributed by atoms with Gasteiger partial charge in [-0.15, -0.1) is 0 Å². The second-order valence-corrected chi connectivity index (χ2v) is 3.75. The summed E-state index contributed by atoms with van der Waals surface area (Å²) in [4.78, 5) is 4.34. The standard InChI is InChI=1S/C12H16N4/c1-13-11(12-6-8-15-16(12)2)9-10-5-3-4-7-14-10/h3-8,11,13H,9H2,1-2H3. The largest absolute Gasteiger partial charge is 0.311 e. The van der Waals surface area contributed by atoms with E-state index in [2.05, 4.69) is 15.4 Å². The highest BCUT2D eigenvalue weighted by molar-refractivity contribution is 5.12. The van der Waals surface area contributed by atoms with Crippen LogP contribution in [-0.4, -0.2) is 21.8 Å². The summed E-state index contributed by atoms with van der Waals surface area (Å²) in [7, 11) is 3.92. The first-order valence-corrected chi connectivity index (χ1v) is 5.36. The van der Waals surface area contributed by atoms with E-state index in [1.165, 1.54) is 5.69 Å². The Bertz CT molecular complexity index is 435. The molecule has 1 unspecified atom stereocenters. The average Bonchev–Trinajstić information content (AvgIpc) is 2.74. The van der Waals surface area contributed by atoms with E-state index in [0.717, 1.165) is 12.1 Å². The Morgan fingerprint density at radius 2 is 2.19 bits per heavy atom. The lowest BCUT2D eigenvalue weighted by atomic mass is 10.1. The van der Waals surface area contributed by atoms with Crippen LogP contribution in [0.2, 0.25) is 0 Å². The van der Waals surface area contributed by atoms with Gasteiger partial charge in [0, 0.05) is 31.6 Å². The highest BCUT2D eigenvalue weighted by Gasteiger charge is 2.13. The van der Waals surface area contributed by atoms with Gasteiger partial charge in [-0.2, -0.15) is 5.10 Å². The van der Waals surface area contributed by atoms with Crippen LogP contribution in [0.15, 0.2) is 36.7 Å². The van der Waals surface area contributed by atoms with Gasteiger partial charge in [-0.05, 0) is 25.2 Å². The van der Waals surface area contributed by atoms with E-state index in [1.54, 1.807) is 0 Å². The molecular formula is C12H16N4. The minimum absolute atomic E-state index is 0.252. The van der Waals surface area contributed by atoms with Gasteiger partial charge in [0.15, 0.2) is 0 Å². The molecule has 0 fully saturated rings. The van der Waals surface area contributed by atoms with E-state index < -0.39 is 0 Å². The number of hydrogen-bond donors (Lipinski definition) is 1. The Balaban J connectivity index is 2.16. The summed E-state index contributed by atoms with van der Waals surface area (Å²) in [6.45, 7) is 0. The fourth-order valence-corrected chi connectivity index (χ4v) is 1.81. The van der Waals surface area contributed by atoms with Crippen LogP contribution >= 0.6 is 0 Å². The number of aromatic nitrogens is 3. The predicted octanol–water partition coefficient (Wildman–Crippen LogP) is 1.32. The van der Waals surface area contributed by atoms with Crippen molar-refractivity contribution in [2.45, 2.75) is 12.5 Å². The van der Waals surface area contributed by atoms with E-state index in [-0.39, 0.29) is 6.04 Å². The molecular weight excluding hydrogens is 200 g/mol. The second kappa shape index (κ2) is 4.90. The molecule has 0 saturated carbocycles. The van der Waals surface area contributed by atoms with Crippen molar-refractivity contribution in [3.05, 3.63) is 48.0 Å².